The molecule has 4 nitrogen and oxygen atoms in total. The number of carbonyl (C=O) groups is 1. The van der Waals surface area contributed by atoms with Crippen molar-refractivity contribution < 1.29 is 4.79 Å². The molecule has 5 heteroatoms. The van der Waals surface area contributed by atoms with Crippen LogP contribution in [0.3, 0.4) is 0 Å². The molecule has 19 heavy (non-hydrogen) atoms. The van der Waals surface area contributed by atoms with Gasteiger partial charge in [-0.15, -0.1) is 17.0 Å². The molecule has 0 aliphatic heterocycles. The molecule has 3 aromatic rings. The van der Waals surface area contributed by atoms with Crippen LogP contribution in [0.4, 0.5) is 0 Å². The first-order chi connectivity index (χ1) is 8.74. The lowest BCUT2D eigenvalue weighted by molar-refractivity contribution is 0.103. The number of nitrogens with one attached hydrogen (secondary N) is 1. The van der Waals surface area contributed by atoms with E-state index < -0.39 is 0 Å². The van der Waals surface area contributed by atoms with Crippen LogP contribution in [0.25, 0.3) is 5.65 Å². The zero-order valence-electron chi connectivity index (χ0n) is 9.87. The number of aromatic nitrogens is 2. The molecule has 0 bridgehead atoms. The molecule has 0 saturated carbocycles. The molecule has 0 atom stereocenters. The molecule has 2 heterocycles. The molecule has 3 rings (SSSR count). The second kappa shape index (κ2) is 5.24. The van der Waals surface area contributed by atoms with Crippen LogP contribution in [-0.2, 0) is 0 Å². The van der Waals surface area contributed by atoms with Crippen LogP contribution in [0.2, 0.25) is 0 Å². The molecule has 0 aliphatic carbocycles. The second-order valence-corrected chi connectivity index (χ2v) is 4.02. The summed E-state index contributed by atoms with van der Waals surface area (Å²) in [6.07, 6.45) is 3.32. The number of halogens is 1. The van der Waals surface area contributed by atoms with Gasteiger partial charge in [-0.25, -0.2) is 0 Å². The van der Waals surface area contributed by atoms with Crippen molar-refractivity contribution in [1.29, 1.82) is 0 Å². The molecule has 0 fully saturated rings. The van der Waals surface area contributed by atoms with Gasteiger partial charge < -0.3 is 9.38 Å². The average Bonchev–Trinajstić information content (AvgIpc) is 2.81. The van der Waals surface area contributed by atoms with Gasteiger partial charge in [-0.1, -0.05) is 30.3 Å². The zero-order valence-corrected chi connectivity index (χ0v) is 11.6. The highest BCUT2D eigenvalue weighted by Gasteiger charge is 2.11. The Labute approximate surface area is 119 Å². The number of hydrogen-bond donors (Lipinski definition) is 1. The number of ketones is 1. The van der Waals surface area contributed by atoms with Gasteiger partial charge in [0.1, 0.15) is 11.3 Å². The van der Waals surface area contributed by atoms with Gasteiger partial charge >= 0.3 is 0 Å². The number of pyridine rings is 1. The Balaban J connectivity index is 0.00000133. The molecule has 0 radical (unpaired) electrons. The van der Waals surface area contributed by atoms with Gasteiger partial charge in [0.25, 0.3) is 0 Å². The maximum Gasteiger partial charge on any atom is 0.210 e. The van der Waals surface area contributed by atoms with E-state index in [0.29, 0.717) is 16.9 Å². The highest BCUT2D eigenvalue weighted by atomic mass is 79.9. The first kappa shape index (κ1) is 13.3. The first-order valence-corrected chi connectivity index (χ1v) is 5.55. The quantitative estimate of drug-likeness (QED) is 0.738. The largest absolute Gasteiger partial charge is 0.337 e. The highest BCUT2D eigenvalue weighted by molar-refractivity contribution is 8.93. The predicted molar refractivity (Wildman–Crippen MR) is 78.2 cm³/mol. The van der Waals surface area contributed by atoms with E-state index in [4.69, 9.17) is 0 Å². The molecule has 0 spiro atoms. The van der Waals surface area contributed by atoms with Gasteiger partial charge in [0.15, 0.2) is 5.43 Å². The smallest absolute Gasteiger partial charge is 0.210 e. The second-order valence-electron chi connectivity index (χ2n) is 4.02. The Morgan fingerprint density at radius 2 is 1.84 bits per heavy atom. The summed E-state index contributed by atoms with van der Waals surface area (Å²) in [5.74, 6) is -0.0910. The van der Waals surface area contributed by atoms with Crippen LogP contribution in [0.1, 0.15) is 16.1 Å². The Morgan fingerprint density at radius 3 is 2.58 bits per heavy atom. The Hall–Kier alpha value is -2.14. The number of aromatic amines is 1. The van der Waals surface area contributed by atoms with Crippen molar-refractivity contribution in [2.45, 2.75) is 0 Å². The third kappa shape index (κ3) is 2.51. The fourth-order valence-corrected chi connectivity index (χ4v) is 1.87. The van der Waals surface area contributed by atoms with E-state index in [2.05, 4.69) is 4.98 Å². The molecule has 2 aromatic heterocycles. The van der Waals surface area contributed by atoms with Gasteiger partial charge in [-0.05, 0) is 0 Å². The van der Waals surface area contributed by atoms with Crippen molar-refractivity contribution in [3.05, 3.63) is 76.3 Å². The Bertz CT molecular complexity index is 775. The number of imidazole rings is 1. The van der Waals surface area contributed by atoms with E-state index in [1.54, 1.807) is 28.9 Å². The fraction of sp³-hybridized carbons (Fsp3) is 0. The molecular formula is C14H11BrN2O2. The molecule has 0 unspecified atom stereocenters. The predicted octanol–water partition coefficient (Wildman–Crippen LogP) is 2.44. The van der Waals surface area contributed by atoms with Crippen LogP contribution < -0.4 is 5.43 Å². The third-order valence-corrected chi connectivity index (χ3v) is 2.77. The standard InChI is InChI=1S/C14H10N2O2.BrH/c17-11-6-7-16-9-12(15-13(16)8-11)14(18)10-4-2-1-3-5-10;/h1-9,15H;1H. The lowest BCUT2D eigenvalue weighted by Crippen LogP contribution is -2.00. The van der Waals surface area contributed by atoms with Crippen molar-refractivity contribution in [2.24, 2.45) is 0 Å². The SMILES string of the molecule is Br.O=C(c1ccccc1)c1cn2ccc(=O)cc2[nH]1. The summed E-state index contributed by atoms with van der Waals surface area (Å²) in [6.45, 7) is 0. The van der Waals surface area contributed by atoms with Crippen LogP contribution in [0.5, 0.6) is 0 Å². The number of hydrogen-bond acceptors (Lipinski definition) is 2. The molecule has 0 amide bonds. The molecule has 0 saturated heterocycles. The maximum absolute atomic E-state index is 12.2. The van der Waals surface area contributed by atoms with E-state index in [9.17, 15) is 9.59 Å². The number of H-pyrrole nitrogens is 1. The van der Waals surface area contributed by atoms with Crippen molar-refractivity contribution in [1.82, 2.24) is 9.38 Å². The van der Waals surface area contributed by atoms with Crippen LogP contribution in [0.15, 0.2) is 59.7 Å². The number of fused-ring (bicyclic) bond motifs is 1. The Morgan fingerprint density at radius 1 is 1.11 bits per heavy atom. The first-order valence-electron chi connectivity index (χ1n) is 5.55. The maximum atomic E-state index is 12.2. The summed E-state index contributed by atoms with van der Waals surface area (Å²) in [4.78, 5) is 26.3. The van der Waals surface area contributed by atoms with Crippen molar-refractivity contribution in [3.8, 4) is 0 Å². The van der Waals surface area contributed by atoms with Gasteiger partial charge in [0.2, 0.25) is 5.78 Å². The van der Waals surface area contributed by atoms with Crippen LogP contribution >= 0.6 is 17.0 Å². The number of rotatable bonds is 2. The van der Waals surface area contributed by atoms with Crippen molar-refractivity contribution >= 4 is 28.4 Å². The summed E-state index contributed by atoms with van der Waals surface area (Å²) in [6, 6.07) is 11.9. The number of nitrogens with zero attached hydrogens (tertiary/aromatic N) is 1. The van der Waals surface area contributed by atoms with Crippen LogP contribution in [-0.4, -0.2) is 15.2 Å². The topological polar surface area (TPSA) is 54.3 Å². The summed E-state index contributed by atoms with van der Waals surface area (Å²) in [5, 5.41) is 0. The van der Waals surface area contributed by atoms with E-state index in [-0.39, 0.29) is 28.2 Å². The van der Waals surface area contributed by atoms with E-state index >= 15 is 0 Å². The van der Waals surface area contributed by atoms with Crippen molar-refractivity contribution in [2.75, 3.05) is 0 Å². The normalized spacial score (nSPS) is 10.1. The summed E-state index contributed by atoms with van der Waals surface area (Å²) < 4.78 is 1.72. The highest BCUT2D eigenvalue weighted by Crippen LogP contribution is 2.09. The molecule has 1 N–H and O–H groups in total. The molecule has 0 aliphatic rings. The summed E-state index contributed by atoms with van der Waals surface area (Å²) in [5.41, 5.74) is 1.61. The van der Waals surface area contributed by atoms with Crippen molar-refractivity contribution in [3.63, 3.8) is 0 Å². The zero-order chi connectivity index (χ0) is 12.5. The minimum absolute atomic E-state index is 0. The van der Waals surface area contributed by atoms with E-state index in [1.165, 1.54) is 12.1 Å². The summed E-state index contributed by atoms with van der Waals surface area (Å²) >= 11 is 0. The lowest BCUT2D eigenvalue weighted by Gasteiger charge is -1.95. The van der Waals surface area contributed by atoms with Gasteiger partial charge in [0, 0.05) is 30.1 Å². The number of carbonyl (C=O) groups excluding carboxylic acids is 1. The van der Waals surface area contributed by atoms with Crippen LogP contribution in [0, 0.1) is 0 Å². The van der Waals surface area contributed by atoms with Gasteiger partial charge in [0.05, 0.1) is 0 Å². The Kier molecular flexibility index (Phi) is 3.66. The van der Waals surface area contributed by atoms with Gasteiger partial charge in [-0.3, -0.25) is 9.59 Å². The molecule has 1 aromatic carbocycles. The monoisotopic (exact) mass is 318 g/mol. The third-order valence-electron chi connectivity index (χ3n) is 2.77. The fourth-order valence-electron chi connectivity index (χ4n) is 1.87. The lowest BCUT2D eigenvalue weighted by atomic mass is 10.1. The van der Waals surface area contributed by atoms with Gasteiger partial charge in [-0.2, -0.15) is 0 Å². The van der Waals surface area contributed by atoms with E-state index in [0.717, 1.165) is 0 Å². The molecular weight excluding hydrogens is 308 g/mol. The average molecular weight is 319 g/mol. The summed E-state index contributed by atoms with van der Waals surface area (Å²) in [7, 11) is 0. The molecule has 96 valence electrons. The minimum atomic E-state index is -0.0910. The van der Waals surface area contributed by atoms with E-state index in [1.807, 2.05) is 18.2 Å². The minimum Gasteiger partial charge on any atom is -0.337 e. The number of benzene rings is 1.